The highest BCUT2D eigenvalue weighted by Gasteiger charge is 2.30. The zero-order chi connectivity index (χ0) is 22.1. The van der Waals surface area contributed by atoms with Gasteiger partial charge in [-0.05, 0) is 37.3 Å². The van der Waals surface area contributed by atoms with Gasteiger partial charge in [-0.3, -0.25) is 14.4 Å². The molecule has 3 aromatic carbocycles. The van der Waals surface area contributed by atoms with Crippen molar-refractivity contribution in [3.05, 3.63) is 94.5 Å². The maximum absolute atomic E-state index is 12.8. The van der Waals surface area contributed by atoms with Gasteiger partial charge >= 0.3 is 5.97 Å². The number of nitrogens with one attached hydrogen (secondary N) is 1. The molecular weight excluding hydrogens is 398 g/mol. The molecule has 1 aliphatic carbocycles. The van der Waals surface area contributed by atoms with Crippen LogP contribution in [0, 0.1) is 0 Å². The van der Waals surface area contributed by atoms with Crippen LogP contribution in [0.15, 0.2) is 66.7 Å². The van der Waals surface area contributed by atoms with E-state index in [-0.39, 0.29) is 39.7 Å². The Morgan fingerprint density at radius 3 is 2.10 bits per heavy atom. The highest BCUT2D eigenvalue weighted by molar-refractivity contribution is 6.28. The van der Waals surface area contributed by atoms with E-state index in [0.717, 1.165) is 0 Å². The smallest absolute Gasteiger partial charge is 0.342 e. The molecule has 7 nitrogen and oxygen atoms in total. The number of benzene rings is 3. The Bertz CT molecular complexity index is 1250. The van der Waals surface area contributed by atoms with Crippen molar-refractivity contribution in [1.29, 1.82) is 0 Å². The molecule has 7 heteroatoms. The number of hydrogen-bond acceptors (Lipinski definition) is 6. The molecule has 1 aliphatic rings. The first-order valence-electron chi connectivity index (χ1n) is 9.49. The largest absolute Gasteiger partial charge is 0.507 e. The summed E-state index contributed by atoms with van der Waals surface area (Å²) in [6.07, 6.45) is -1.17. The summed E-state index contributed by atoms with van der Waals surface area (Å²) in [5.41, 5.74) is 1.35. The van der Waals surface area contributed by atoms with Crippen LogP contribution in [-0.4, -0.2) is 34.7 Å². The molecule has 0 bridgehead atoms. The molecule has 1 atom stereocenters. The number of aromatic hydroxyl groups is 1. The second-order valence-electron chi connectivity index (χ2n) is 7.02. The van der Waals surface area contributed by atoms with Gasteiger partial charge in [0.1, 0.15) is 11.3 Å². The number of anilines is 1. The van der Waals surface area contributed by atoms with E-state index in [1.54, 1.807) is 36.4 Å². The monoisotopic (exact) mass is 415 g/mol. The lowest BCUT2D eigenvalue weighted by Crippen LogP contribution is -2.30. The van der Waals surface area contributed by atoms with Gasteiger partial charge in [0.15, 0.2) is 17.7 Å². The van der Waals surface area contributed by atoms with E-state index in [1.165, 1.54) is 37.3 Å². The van der Waals surface area contributed by atoms with Gasteiger partial charge in [-0.15, -0.1) is 0 Å². The fourth-order valence-electron chi connectivity index (χ4n) is 3.34. The van der Waals surface area contributed by atoms with Gasteiger partial charge in [-0.25, -0.2) is 4.79 Å². The minimum absolute atomic E-state index is 0.0568. The lowest BCUT2D eigenvalue weighted by Gasteiger charge is -2.19. The van der Waals surface area contributed by atoms with E-state index >= 15 is 0 Å². The quantitative estimate of drug-likeness (QED) is 0.495. The van der Waals surface area contributed by atoms with Crippen molar-refractivity contribution >= 4 is 29.1 Å². The fraction of sp³-hybridized carbons (Fsp3) is 0.0833. The second kappa shape index (κ2) is 7.87. The molecule has 4 rings (SSSR count). The molecule has 0 heterocycles. The van der Waals surface area contributed by atoms with E-state index < -0.39 is 18.0 Å². The van der Waals surface area contributed by atoms with Crippen LogP contribution in [-0.2, 0) is 9.53 Å². The molecule has 0 saturated heterocycles. The molecule has 2 N–H and O–H groups in total. The average Bonchev–Trinajstić information content (AvgIpc) is 2.77. The van der Waals surface area contributed by atoms with Gasteiger partial charge in [0, 0.05) is 27.9 Å². The molecule has 0 aliphatic heterocycles. The van der Waals surface area contributed by atoms with Crippen molar-refractivity contribution in [3.8, 4) is 5.75 Å². The van der Waals surface area contributed by atoms with E-state index in [1.807, 2.05) is 0 Å². The summed E-state index contributed by atoms with van der Waals surface area (Å²) in [6, 6.07) is 16.8. The molecule has 31 heavy (non-hydrogen) atoms. The van der Waals surface area contributed by atoms with Crippen LogP contribution >= 0.6 is 0 Å². The number of fused-ring (bicyclic) bond motifs is 2. The van der Waals surface area contributed by atoms with Gasteiger partial charge < -0.3 is 15.2 Å². The van der Waals surface area contributed by atoms with Crippen molar-refractivity contribution in [3.63, 3.8) is 0 Å². The van der Waals surface area contributed by atoms with E-state index in [4.69, 9.17) is 4.74 Å². The molecular formula is C24H17NO6. The molecule has 0 radical (unpaired) electrons. The van der Waals surface area contributed by atoms with E-state index in [0.29, 0.717) is 11.1 Å². The standard InChI is InChI=1S/C24H17NO6/c1-13(31-24(30)18-8-4-5-9-20(18)26)23(29)25-14-10-11-17-19(12-14)22(28)16-7-3-2-6-15(16)21(17)27/h2-13,26H,1H3,(H,25,29)/t13-/m1/s1. The number of carbonyl (C=O) groups is 4. The number of phenolic OH excluding ortho intramolecular Hbond substituents is 1. The molecule has 0 saturated carbocycles. The predicted molar refractivity (Wildman–Crippen MR) is 111 cm³/mol. The van der Waals surface area contributed by atoms with Gasteiger partial charge in [-0.1, -0.05) is 36.4 Å². The Labute approximate surface area is 177 Å². The topological polar surface area (TPSA) is 110 Å². The number of rotatable bonds is 4. The average molecular weight is 415 g/mol. The lowest BCUT2D eigenvalue weighted by atomic mass is 9.84. The lowest BCUT2D eigenvalue weighted by molar-refractivity contribution is -0.123. The van der Waals surface area contributed by atoms with Crippen LogP contribution in [0.3, 0.4) is 0 Å². The summed E-state index contributed by atoms with van der Waals surface area (Å²) < 4.78 is 5.12. The minimum atomic E-state index is -1.17. The number of esters is 1. The predicted octanol–water partition coefficient (Wildman–Crippen LogP) is 3.35. The van der Waals surface area contributed by atoms with Crippen LogP contribution in [0.4, 0.5) is 5.69 Å². The first-order chi connectivity index (χ1) is 14.9. The minimum Gasteiger partial charge on any atom is -0.507 e. The van der Waals surface area contributed by atoms with E-state index in [2.05, 4.69) is 5.32 Å². The zero-order valence-electron chi connectivity index (χ0n) is 16.4. The summed E-state index contributed by atoms with van der Waals surface area (Å²) in [6.45, 7) is 1.39. The summed E-state index contributed by atoms with van der Waals surface area (Å²) in [4.78, 5) is 50.1. The van der Waals surface area contributed by atoms with Crippen molar-refractivity contribution in [1.82, 2.24) is 0 Å². The number of hydrogen-bond donors (Lipinski definition) is 2. The SMILES string of the molecule is C[C@@H](OC(=O)c1ccccc1O)C(=O)Nc1ccc2c(c1)C(=O)c1ccccc1C2=O. The molecule has 0 spiro atoms. The number of amides is 1. The fourth-order valence-corrected chi connectivity index (χ4v) is 3.34. The summed E-state index contributed by atoms with van der Waals surface area (Å²) >= 11 is 0. The van der Waals surface area contributed by atoms with Crippen molar-refractivity contribution in [2.75, 3.05) is 5.32 Å². The maximum atomic E-state index is 12.8. The molecule has 0 fully saturated rings. The van der Waals surface area contributed by atoms with Crippen molar-refractivity contribution < 1.29 is 29.0 Å². The highest BCUT2D eigenvalue weighted by atomic mass is 16.5. The van der Waals surface area contributed by atoms with Crippen molar-refractivity contribution in [2.45, 2.75) is 13.0 Å². The van der Waals surface area contributed by atoms with Crippen LogP contribution in [0.1, 0.15) is 49.1 Å². The molecule has 0 aromatic heterocycles. The number of para-hydroxylation sites is 1. The van der Waals surface area contributed by atoms with E-state index in [9.17, 15) is 24.3 Å². The molecule has 154 valence electrons. The van der Waals surface area contributed by atoms with Crippen LogP contribution in [0.5, 0.6) is 5.75 Å². The Balaban J connectivity index is 1.51. The van der Waals surface area contributed by atoms with Gasteiger partial charge in [-0.2, -0.15) is 0 Å². The Morgan fingerprint density at radius 1 is 0.839 bits per heavy atom. The van der Waals surface area contributed by atoms with Gasteiger partial charge in [0.25, 0.3) is 5.91 Å². The third-order valence-corrected chi connectivity index (χ3v) is 4.97. The number of ether oxygens (including phenoxy) is 1. The number of phenols is 1. The first kappa shape index (κ1) is 20.0. The Kier molecular flexibility index (Phi) is 5.09. The zero-order valence-corrected chi connectivity index (χ0v) is 16.4. The van der Waals surface area contributed by atoms with Crippen LogP contribution in [0.2, 0.25) is 0 Å². The maximum Gasteiger partial charge on any atom is 0.342 e. The Hall–Kier alpha value is -4.26. The number of ketones is 2. The highest BCUT2D eigenvalue weighted by Crippen LogP contribution is 2.29. The normalized spacial score (nSPS) is 13.1. The van der Waals surface area contributed by atoms with Crippen molar-refractivity contribution in [2.24, 2.45) is 0 Å². The summed E-state index contributed by atoms with van der Waals surface area (Å²) in [7, 11) is 0. The van der Waals surface area contributed by atoms with Gasteiger partial charge in [0.05, 0.1) is 0 Å². The Morgan fingerprint density at radius 2 is 1.42 bits per heavy atom. The van der Waals surface area contributed by atoms with Gasteiger partial charge in [0.2, 0.25) is 0 Å². The molecule has 3 aromatic rings. The third kappa shape index (κ3) is 3.69. The second-order valence-corrected chi connectivity index (χ2v) is 7.02. The first-order valence-corrected chi connectivity index (χ1v) is 9.49. The third-order valence-electron chi connectivity index (χ3n) is 4.97. The molecule has 1 amide bonds. The number of carbonyl (C=O) groups excluding carboxylic acids is 4. The van der Waals surface area contributed by atoms with Crippen LogP contribution < -0.4 is 5.32 Å². The summed E-state index contributed by atoms with van der Waals surface area (Å²) in [5.74, 6) is -2.28. The summed E-state index contributed by atoms with van der Waals surface area (Å²) in [5, 5.41) is 12.3. The molecule has 0 unspecified atom stereocenters. The van der Waals surface area contributed by atoms with Crippen LogP contribution in [0.25, 0.3) is 0 Å².